The van der Waals surface area contributed by atoms with Gasteiger partial charge >= 0.3 is 0 Å². The van der Waals surface area contributed by atoms with Gasteiger partial charge in [-0.15, -0.1) is 6.42 Å². The van der Waals surface area contributed by atoms with Crippen LogP contribution in [0.3, 0.4) is 0 Å². The van der Waals surface area contributed by atoms with Crippen molar-refractivity contribution in [1.82, 2.24) is 0 Å². The van der Waals surface area contributed by atoms with Crippen LogP contribution in [0.1, 0.15) is 25.0 Å². The molecule has 0 aliphatic carbocycles. The van der Waals surface area contributed by atoms with E-state index in [1.54, 1.807) is 6.07 Å². The number of carbonyl (C=O) groups is 1. The van der Waals surface area contributed by atoms with E-state index in [2.05, 4.69) is 11.0 Å². The monoisotopic (exact) mass is 374 g/mol. The van der Waals surface area contributed by atoms with Crippen LogP contribution in [0.15, 0.2) is 53.1 Å². The maximum Gasteiger partial charge on any atom is 0.280 e. The molecule has 0 bridgehead atoms. The van der Waals surface area contributed by atoms with Crippen LogP contribution in [0.25, 0.3) is 6.08 Å². The van der Waals surface area contributed by atoms with Gasteiger partial charge in [-0.05, 0) is 56.7 Å². The second-order valence-corrected chi connectivity index (χ2v) is 6.33. The second-order valence-electron chi connectivity index (χ2n) is 6.33. The molecule has 5 heteroatoms. The van der Waals surface area contributed by atoms with Crippen LogP contribution in [0.4, 0.5) is 5.69 Å². The van der Waals surface area contributed by atoms with E-state index in [1.807, 2.05) is 63.2 Å². The van der Waals surface area contributed by atoms with Crippen LogP contribution >= 0.6 is 0 Å². The highest BCUT2D eigenvalue weighted by Gasteiger charge is 2.28. The Bertz CT molecular complexity index is 982. The zero-order valence-electron chi connectivity index (χ0n) is 16.2. The summed E-state index contributed by atoms with van der Waals surface area (Å²) in [6.07, 6.45) is 7.07. The Balaban J connectivity index is 1.89. The molecule has 0 spiro atoms. The van der Waals surface area contributed by atoms with Crippen molar-refractivity contribution in [3.05, 3.63) is 59.2 Å². The maximum atomic E-state index is 12.9. The minimum atomic E-state index is -0.160. The first-order valence-corrected chi connectivity index (χ1v) is 9.05. The third-order valence-electron chi connectivity index (χ3n) is 4.23. The number of terminal acetylenes is 1. The van der Waals surface area contributed by atoms with Crippen molar-refractivity contribution in [3.63, 3.8) is 0 Å². The highest BCUT2D eigenvalue weighted by Crippen LogP contribution is 2.31. The predicted molar refractivity (Wildman–Crippen MR) is 112 cm³/mol. The van der Waals surface area contributed by atoms with E-state index in [9.17, 15) is 4.79 Å². The number of ether oxygens (including phenoxy) is 2. The smallest absolute Gasteiger partial charge is 0.280 e. The SMILES string of the molecule is C#CCOc1ccc(C=C2C(=O)N(c3ccc(C)cc3)N=C2C)cc1OCC. The van der Waals surface area contributed by atoms with Gasteiger partial charge in [0.2, 0.25) is 0 Å². The molecule has 0 radical (unpaired) electrons. The molecule has 0 N–H and O–H groups in total. The first-order chi connectivity index (χ1) is 13.5. The molecule has 142 valence electrons. The van der Waals surface area contributed by atoms with Crippen molar-refractivity contribution in [2.45, 2.75) is 20.8 Å². The minimum absolute atomic E-state index is 0.160. The Morgan fingerprint density at radius 1 is 1.11 bits per heavy atom. The summed E-state index contributed by atoms with van der Waals surface area (Å²) < 4.78 is 11.2. The summed E-state index contributed by atoms with van der Waals surface area (Å²) in [6, 6.07) is 13.2. The fourth-order valence-electron chi connectivity index (χ4n) is 2.83. The number of anilines is 1. The van der Waals surface area contributed by atoms with Crippen molar-refractivity contribution in [3.8, 4) is 23.8 Å². The van der Waals surface area contributed by atoms with Crippen LogP contribution in [0, 0.1) is 19.3 Å². The van der Waals surface area contributed by atoms with Crippen LogP contribution in [-0.2, 0) is 4.79 Å². The number of rotatable bonds is 6. The molecular formula is C23H22N2O3. The minimum Gasteiger partial charge on any atom is -0.490 e. The Morgan fingerprint density at radius 3 is 2.54 bits per heavy atom. The second kappa shape index (κ2) is 8.45. The number of aryl methyl sites for hydroxylation is 1. The van der Waals surface area contributed by atoms with E-state index in [-0.39, 0.29) is 12.5 Å². The highest BCUT2D eigenvalue weighted by atomic mass is 16.5. The van der Waals surface area contributed by atoms with Gasteiger partial charge in [0, 0.05) is 0 Å². The molecule has 0 fully saturated rings. The van der Waals surface area contributed by atoms with Gasteiger partial charge in [0.05, 0.1) is 23.6 Å². The number of hydrogen-bond acceptors (Lipinski definition) is 4. The van der Waals surface area contributed by atoms with Gasteiger partial charge in [0.1, 0.15) is 6.61 Å². The molecule has 1 amide bonds. The van der Waals surface area contributed by atoms with Gasteiger partial charge < -0.3 is 9.47 Å². The van der Waals surface area contributed by atoms with Crippen molar-refractivity contribution in [1.29, 1.82) is 0 Å². The predicted octanol–water partition coefficient (Wildman–Crippen LogP) is 4.21. The largest absolute Gasteiger partial charge is 0.490 e. The lowest BCUT2D eigenvalue weighted by atomic mass is 10.1. The quantitative estimate of drug-likeness (QED) is 0.562. The van der Waals surface area contributed by atoms with Crippen LogP contribution in [0.2, 0.25) is 0 Å². The molecule has 0 atom stereocenters. The fraction of sp³-hybridized carbons (Fsp3) is 0.217. The average Bonchev–Trinajstić information content (AvgIpc) is 2.96. The molecule has 1 heterocycles. The van der Waals surface area contributed by atoms with Gasteiger partial charge in [-0.2, -0.15) is 10.1 Å². The number of hydrazone groups is 1. The summed E-state index contributed by atoms with van der Waals surface area (Å²) >= 11 is 0. The molecule has 0 saturated carbocycles. The summed E-state index contributed by atoms with van der Waals surface area (Å²) in [6.45, 7) is 6.38. The van der Waals surface area contributed by atoms with E-state index < -0.39 is 0 Å². The van der Waals surface area contributed by atoms with Crippen molar-refractivity contribution in [2.24, 2.45) is 5.10 Å². The fourth-order valence-corrected chi connectivity index (χ4v) is 2.83. The highest BCUT2D eigenvalue weighted by molar-refractivity contribution is 6.32. The molecule has 2 aromatic carbocycles. The van der Waals surface area contributed by atoms with Crippen LogP contribution < -0.4 is 14.5 Å². The van der Waals surface area contributed by atoms with Crippen LogP contribution in [-0.4, -0.2) is 24.8 Å². The topological polar surface area (TPSA) is 51.1 Å². The van der Waals surface area contributed by atoms with Crippen LogP contribution in [0.5, 0.6) is 11.5 Å². The van der Waals surface area contributed by atoms with Crippen molar-refractivity contribution < 1.29 is 14.3 Å². The average molecular weight is 374 g/mol. The molecule has 28 heavy (non-hydrogen) atoms. The number of carbonyl (C=O) groups excluding carboxylic acids is 1. The normalized spacial score (nSPS) is 14.8. The van der Waals surface area contributed by atoms with E-state index in [4.69, 9.17) is 15.9 Å². The van der Waals surface area contributed by atoms with E-state index in [1.165, 1.54) is 5.01 Å². The summed E-state index contributed by atoms with van der Waals surface area (Å²) in [5.74, 6) is 3.44. The molecule has 1 aliphatic rings. The van der Waals surface area contributed by atoms with Crippen molar-refractivity contribution >= 4 is 23.4 Å². The molecule has 3 rings (SSSR count). The molecular weight excluding hydrogens is 352 g/mol. The van der Waals surface area contributed by atoms with E-state index in [0.29, 0.717) is 29.4 Å². The van der Waals surface area contributed by atoms with Gasteiger partial charge in [-0.25, -0.2) is 0 Å². The molecule has 0 aromatic heterocycles. The lowest BCUT2D eigenvalue weighted by Crippen LogP contribution is -2.21. The van der Waals surface area contributed by atoms with Gasteiger partial charge in [-0.3, -0.25) is 4.79 Å². The summed E-state index contributed by atoms with van der Waals surface area (Å²) in [5.41, 5.74) is 3.89. The molecule has 1 aliphatic heterocycles. The molecule has 0 saturated heterocycles. The van der Waals surface area contributed by atoms with Crippen molar-refractivity contribution in [2.75, 3.05) is 18.2 Å². The van der Waals surface area contributed by atoms with E-state index >= 15 is 0 Å². The number of hydrogen-bond donors (Lipinski definition) is 0. The van der Waals surface area contributed by atoms with Gasteiger partial charge in [0.25, 0.3) is 5.91 Å². The van der Waals surface area contributed by atoms with Gasteiger partial charge in [-0.1, -0.05) is 29.7 Å². The lowest BCUT2D eigenvalue weighted by molar-refractivity contribution is -0.114. The first kappa shape index (κ1) is 19.2. The third-order valence-corrected chi connectivity index (χ3v) is 4.23. The zero-order valence-corrected chi connectivity index (χ0v) is 16.2. The summed E-state index contributed by atoms with van der Waals surface area (Å²) in [5, 5.41) is 5.84. The molecule has 5 nitrogen and oxygen atoms in total. The molecule has 2 aromatic rings. The number of benzene rings is 2. The Kier molecular flexibility index (Phi) is 5.81. The maximum absolute atomic E-state index is 12.9. The number of nitrogens with zero attached hydrogens (tertiary/aromatic N) is 2. The third kappa shape index (κ3) is 4.07. The molecule has 0 unspecified atom stereocenters. The number of amides is 1. The zero-order chi connectivity index (χ0) is 20.1. The Hall–Kier alpha value is -3.52. The Morgan fingerprint density at radius 2 is 1.86 bits per heavy atom. The van der Waals surface area contributed by atoms with E-state index in [0.717, 1.165) is 16.8 Å². The lowest BCUT2D eigenvalue weighted by Gasteiger charge is -2.12. The first-order valence-electron chi connectivity index (χ1n) is 9.05. The Labute approximate surface area is 165 Å². The summed E-state index contributed by atoms with van der Waals surface area (Å²) in [7, 11) is 0. The standard InChI is InChI=1S/C23H22N2O3/c1-5-13-28-21-12-9-18(15-22(21)27-6-2)14-20-17(4)24-25(23(20)26)19-10-7-16(3)8-11-19/h1,7-12,14-15H,6,13H2,2-4H3. The van der Waals surface area contributed by atoms with Gasteiger partial charge in [0.15, 0.2) is 11.5 Å². The summed E-state index contributed by atoms with van der Waals surface area (Å²) in [4.78, 5) is 12.9.